The van der Waals surface area contributed by atoms with Crippen LogP contribution in [0.15, 0.2) is 35.9 Å². The van der Waals surface area contributed by atoms with Crippen LogP contribution in [0.2, 0.25) is 5.02 Å². The third-order valence-electron chi connectivity index (χ3n) is 4.19. The first kappa shape index (κ1) is 14.9. The topological polar surface area (TPSA) is 57.6 Å². The zero-order valence-electron chi connectivity index (χ0n) is 12.1. The van der Waals surface area contributed by atoms with Crippen LogP contribution in [0.5, 0.6) is 5.75 Å². The lowest BCUT2D eigenvalue weighted by Gasteiger charge is -2.20. The summed E-state index contributed by atoms with van der Waals surface area (Å²) < 4.78 is 0. The Morgan fingerprint density at radius 2 is 1.77 bits per heavy atom. The highest BCUT2D eigenvalue weighted by atomic mass is 35.5. The second-order valence-electron chi connectivity index (χ2n) is 5.50. The zero-order chi connectivity index (χ0) is 15.9. The van der Waals surface area contributed by atoms with Gasteiger partial charge in [-0.1, -0.05) is 17.7 Å². The van der Waals surface area contributed by atoms with Crippen molar-refractivity contribution in [1.82, 2.24) is 0 Å². The molecule has 0 unspecified atom stereocenters. The average molecular weight is 318 g/mol. The Labute approximate surface area is 133 Å². The van der Waals surface area contributed by atoms with Gasteiger partial charge in [-0.25, -0.2) is 4.90 Å². The van der Waals surface area contributed by atoms with Crippen LogP contribution in [0.25, 0.3) is 0 Å². The van der Waals surface area contributed by atoms with Crippen LogP contribution in [-0.2, 0) is 16.0 Å². The molecule has 1 heterocycles. The van der Waals surface area contributed by atoms with Crippen LogP contribution < -0.4 is 4.90 Å². The monoisotopic (exact) mass is 317 g/mol. The van der Waals surface area contributed by atoms with E-state index in [1.54, 1.807) is 12.1 Å². The van der Waals surface area contributed by atoms with Crippen LogP contribution in [0.1, 0.15) is 31.2 Å². The number of halogens is 1. The van der Waals surface area contributed by atoms with Crippen molar-refractivity contribution in [3.05, 3.63) is 46.5 Å². The molecule has 0 radical (unpaired) electrons. The minimum Gasteiger partial charge on any atom is -0.506 e. The minimum atomic E-state index is -0.272. The second kappa shape index (κ2) is 5.61. The smallest absolute Gasteiger partial charge is 0.261 e. The summed E-state index contributed by atoms with van der Waals surface area (Å²) in [7, 11) is 0. The normalized spacial score (nSPS) is 18.0. The quantitative estimate of drug-likeness (QED) is 0.685. The number of hydrogen-bond acceptors (Lipinski definition) is 3. The highest BCUT2D eigenvalue weighted by Gasteiger charge is 2.40. The summed E-state index contributed by atoms with van der Waals surface area (Å²) in [4.78, 5) is 26.4. The molecule has 114 valence electrons. The summed E-state index contributed by atoms with van der Waals surface area (Å²) in [5.74, 6) is -0.650. The predicted octanol–water partition coefficient (Wildman–Crippen LogP) is 3.52. The number of carbonyl (C=O) groups is 2. The maximum atomic E-state index is 12.6. The molecule has 0 atom stereocenters. The number of benzene rings is 1. The SMILES string of the molecule is C=CCc1c(N2C(=O)C3=C(CCCC3)C2=O)ccc(Cl)c1O. The van der Waals surface area contributed by atoms with Gasteiger partial charge in [0.2, 0.25) is 0 Å². The van der Waals surface area contributed by atoms with Gasteiger partial charge in [-0.05, 0) is 44.2 Å². The number of allylic oxidation sites excluding steroid dienone is 1. The van der Waals surface area contributed by atoms with Crippen molar-refractivity contribution in [2.45, 2.75) is 32.1 Å². The van der Waals surface area contributed by atoms with Gasteiger partial charge >= 0.3 is 0 Å². The minimum absolute atomic E-state index is 0.107. The molecule has 0 saturated heterocycles. The van der Waals surface area contributed by atoms with E-state index in [2.05, 4.69) is 6.58 Å². The number of phenols is 1. The van der Waals surface area contributed by atoms with E-state index in [0.29, 0.717) is 41.7 Å². The first-order chi connectivity index (χ1) is 10.6. The number of aromatic hydroxyl groups is 1. The predicted molar refractivity (Wildman–Crippen MR) is 85.0 cm³/mol. The number of nitrogens with zero attached hydrogens (tertiary/aromatic N) is 1. The van der Waals surface area contributed by atoms with Gasteiger partial charge in [-0.3, -0.25) is 9.59 Å². The summed E-state index contributed by atoms with van der Waals surface area (Å²) >= 11 is 5.94. The van der Waals surface area contributed by atoms with E-state index in [0.717, 1.165) is 12.8 Å². The maximum absolute atomic E-state index is 12.6. The molecule has 0 aromatic heterocycles. The first-order valence-electron chi connectivity index (χ1n) is 7.28. The van der Waals surface area contributed by atoms with Crippen LogP contribution in [0, 0.1) is 0 Å². The van der Waals surface area contributed by atoms with Crippen molar-refractivity contribution < 1.29 is 14.7 Å². The molecular formula is C17H16ClNO3. The number of phenolic OH excluding ortho intramolecular Hbond substituents is 1. The second-order valence-corrected chi connectivity index (χ2v) is 5.90. The Morgan fingerprint density at radius 3 is 2.32 bits per heavy atom. The summed E-state index contributed by atoms with van der Waals surface area (Å²) in [6.07, 6.45) is 5.07. The Hall–Kier alpha value is -2.07. The molecule has 0 fully saturated rings. The van der Waals surface area contributed by atoms with Crippen LogP contribution in [-0.4, -0.2) is 16.9 Å². The van der Waals surface area contributed by atoms with E-state index in [9.17, 15) is 14.7 Å². The van der Waals surface area contributed by atoms with Gasteiger partial charge in [0.15, 0.2) is 0 Å². The van der Waals surface area contributed by atoms with Crippen molar-refractivity contribution >= 4 is 29.1 Å². The molecule has 0 spiro atoms. The Morgan fingerprint density at radius 1 is 1.18 bits per heavy atom. The van der Waals surface area contributed by atoms with E-state index in [1.165, 1.54) is 11.0 Å². The third kappa shape index (κ3) is 2.15. The van der Waals surface area contributed by atoms with Gasteiger partial charge in [0.25, 0.3) is 11.8 Å². The van der Waals surface area contributed by atoms with Gasteiger partial charge in [-0.2, -0.15) is 0 Å². The number of hydrogen-bond donors (Lipinski definition) is 1. The van der Waals surface area contributed by atoms with Gasteiger partial charge in [0.1, 0.15) is 5.75 Å². The number of amides is 2. The Bertz CT molecular complexity index is 693. The molecule has 0 saturated carbocycles. The lowest BCUT2D eigenvalue weighted by molar-refractivity contribution is -0.120. The van der Waals surface area contributed by atoms with Crippen molar-refractivity contribution in [3.8, 4) is 5.75 Å². The Kier molecular flexibility index (Phi) is 3.79. The zero-order valence-corrected chi connectivity index (χ0v) is 12.8. The molecule has 22 heavy (non-hydrogen) atoms. The van der Waals surface area contributed by atoms with Crippen molar-refractivity contribution in [2.24, 2.45) is 0 Å². The molecule has 4 nitrogen and oxygen atoms in total. The van der Waals surface area contributed by atoms with Gasteiger partial charge in [-0.15, -0.1) is 6.58 Å². The van der Waals surface area contributed by atoms with Crippen LogP contribution in [0.3, 0.4) is 0 Å². The summed E-state index contributed by atoms with van der Waals surface area (Å²) in [5, 5.41) is 10.4. The average Bonchev–Trinajstić information content (AvgIpc) is 2.77. The molecule has 1 aromatic rings. The van der Waals surface area contributed by atoms with Gasteiger partial charge in [0.05, 0.1) is 10.7 Å². The first-order valence-corrected chi connectivity index (χ1v) is 7.66. The maximum Gasteiger partial charge on any atom is 0.261 e. The molecule has 1 N–H and O–H groups in total. The molecule has 3 rings (SSSR count). The summed E-state index contributed by atoms with van der Waals surface area (Å²) in [6, 6.07) is 3.10. The lowest BCUT2D eigenvalue weighted by atomic mass is 9.93. The summed E-state index contributed by atoms with van der Waals surface area (Å²) in [6.45, 7) is 3.65. The number of anilines is 1. The standard InChI is InChI=1S/C17H16ClNO3/c1-2-5-12-14(9-8-13(18)15(12)20)19-16(21)10-6-3-4-7-11(10)17(19)22/h2,8-9,20H,1,3-7H2. The highest BCUT2D eigenvalue weighted by molar-refractivity contribution is 6.34. The number of imide groups is 1. The molecular weight excluding hydrogens is 302 g/mol. The molecule has 0 bridgehead atoms. The largest absolute Gasteiger partial charge is 0.506 e. The molecule has 2 aliphatic rings. The van der Waals surface area contributed by atoms with E-state index >= 15 is 0 Å². The van der Waals surface area contributed by atoms with E-state index in [-0.39, 0.29) is 22.6 Å². The highest BCUT2D eigenvalue weighted by Crippen LogP contribution is 2.41. The third-order valence-corrected chi connectivity index (χ3v) is 4.49. The molecule has 5 heteroatoms. The Balaban J connectivity index is 2.09. The van der Waals surface area contributed by atoms with Crippen LogP contribution >= 0.6 is 11.6 Å². The fourth-order valence-corrected chi connectivity index (χ4v) is 3.29. The van der Waals surface area contributed by atoms with Crippen molar-refractivity contribution in [1.29, 1.82) is 0 Å². The molecule has 1 aliphatic heterocycles. The number of rotatable bonds is 3. The fourth-order valence-electron chi connectivity index (χ4n) is 3.11. The van der Waals surface area contributed by atoms with E-state index < -0.39 is 0 Å². The summed E-state index contributed by atoms with van der Waals surface area (Å²) in [5.41, 5.74) is 2.08. The molecule has 2 amide bonds. The van der Waals surface area contributed by atoms with E-state index in [4.69, 9.17) is 11.6 Å². The van der Waals surface area contributed by atoms with Crippen molar-refractivity contribution in [3.63, 3.8) is 0 Å². The van der Waals surface area contributed by atoms with Crippen LogP contribution in [0.4, 0.5) is 5.69 Å². The van der Waals surface area contributed by atoms with Gasteiger partial charge in [0, 0.05) is 16.7 Å². The molecule has 1 aromatic carbocycles. The van der Waals surface area contributed by atoms with Gasteiger partial charge < -0.3 is 5.11 Å². The number of carbonyl (C=O) groups excluding carboxylic acids is 2. The fraction of sp³-hybridized carbons (Fsp3) is 0.294. The molecule has 1 aliphatic carbocycles. The van der Waals surface area contributed by atoms with E-state index in [1.807, 2.05) is 0 Å². The lowest BCUT2D eigenvalue weighted by Crippen LogP contribution is -2.32. The van der Waals surface area contributed by atoms with Crippen molar-refractivity contribution in [2.75, 3.05) is 4.90 Å².